The molecule has 2 aromatic rings. The summed E-state index contributed by atoms with van der Waals surface area (Å²) in [4.78, 5) is 0. The average molecular weight is 453 g/mol. The molecule has 2 N–H and O–H groups in total. The van der Waals surface area contributed by atoms with Crippen molar-refractivity contribution in [3.63, 3.8) is 0 Å². The van der Waals surface area contributed by atoms with Crippen LogP contribution in [0.2, 0.25) is 0 Å². The van der Waals surface area contributed by atoms with E-state index in [1.165, 1.54) is 12.8 Å². The third-order valence-corrected chi connectivity index (χ3v) is 6.53. The Bertz CT molecular complexity index is 903. The van der Waals surface area contributed by atoms with Crippen molar-refractivity contribution in [3.05, 3.63) is 58.7 Å². The molecule has 2 aromatic carbocycles. The van der Waals surface area contributed by atoms with Gasteiger partial charge >= 0.3 is 0 Å². The van der Waals surface area contributed by atoms with E-state index >= 15 is 0 Å². The maximum atomic E-state index is 9.67. The van der Waals surface area contributed by atoms with E-state index in [-0.39, 0.29) is 26.1 Å². The molecule has 0 heterocycles. The molecule has 33 heavy (non-hydrogen) atoms. The molecule has 1 aliphatic rings. The van der Waals surface area contributed by atoms with Crippen LogP contribution < -0.4 is 9.47 Å². The molecule has 0 saturated heterocycles. The standard InChI is InChI=1S/C28H36O5/c1-5-21-13-23(15-29)28(24(14-21)16-30)31-17-22-7-9-25(10-8-22)32-18-33-27-12-20(4)6-11-26(27)19(2)3/h1,7-10,13-14,19-20,26-27,29-30H,6,11-12,15-18H2,2-4H3/t20-,26+,27-/m1/s1. The zero-order valence-electron chi connectivity index (χ0n) is 19.9. The molecule has 0 unspecified atom stereocenters. The molecule has 0 amide bonds. The van der Waals surface area contributed by atoms with E-state index in [2.05, 4.69) is 26.7 Å². The summed E-state index contributed by atoms with van der Waals surface area (Å²) in [6, 6.07) is 11.0. The Kier molecular flexibility index (Phi) is 9.20. The van der Waals surface area contributed by atoms with E-state index in [4.69, 9.17) is 20.6 Å². The number of hydrogen-bond acceptors (Lipinski definition) is 5. The molecule has 1 fully saturated rings. The fourth-order valence-electron chi connectivity index (χ4n) is 4.59. The van der Waals surface area contributed by atoms with Gasteiger partial charge in [0.1, 0.15) is 18.1 Å². The first kappa shape index (κ1) is 25.1. The summed E-state index contributed by atoms with van der Waals surface area (Å²) in [6.45, 7) is 6.94. The average Bonchev–Trinajstić information content (AvgIpc) is 2.82. The zero-order valence-corrected chi connectivity index (χ0v) is 19.9. The van der Waals surface area contributed by atoms with E-state index in [9.17, 15) is 10.2 Å². The predicted octanol–water partition coefficient (Wildman–Crippen LogP) is 5.05. The van der Waals surface area contributed by atoms with Crippen molar-refractivity contribution < 1.29 is 24.4 Å². The number of benzene rings is 2. The van der Waals surface area contributed by atoms with Crippen molar-refractivity contribution in [2.45, 2.75) is 66.0 Å². The molecule has 0 aliphatic heterocycles. The van der Waals surface area contributed by atoms with E-state index in [0.717, 1.165) is 17.7 Å². The topological polar surface area (TPSA) is 68.2 Å². The third-order valence-electron chi connectivity index (χ3n) is 6.53. The van der Waals surface area contributed by atoms with Gasteiger partial charge in [-0.15, -0.1) is 6.42 Å². The van der Waals surface area contributed by atoms with Gasteiger partial charge in [0.25, 0.3) is 0 Å². The lowest BCUT2D eigenvalue weighted by atomic mass is 9.75. The van der Waals surface area contributed by atoms with Gasteiger partial charge in [0.2, 0.25) is 0 Å². The molecule has 0 spiro atoms. The van der Waals surface area contributed by atoms with Crippen LogP contribution in [0, 0.1) is 30.1 Å². The van der Waals surface area contributed by atoms with E-state index in [1.807, 2.05) is 24.3 Å². The maximum Gasteiger partial charge on any atom is 0.189 e. The van der Waals surface area contributed by atoms with Gasteiger partial charge in [-0.2, -0.15) is 0 Å². The Balaban J connectivity index is 1.54. The number of ether oxygens (including phenoxy) is 3. The minimum atomic E-state index is -0.220. The minimum Gasteiger partial charge on any atom is -0.488 e. The van der Waals surface area contributed by atoms with Crippen molar-refractivity contribution in [2.75, 3.05) is 6.79 Å². The number of terminal acetylenes is 1. The van der Waals surface area contributed by atoms with Crippen LogP contribution in [0.5, 0.6) is 11.5 Å². The third kappa shape index (κ3) is 6.74. The van der Waals surface area contributed by atoms with Crippen molar-refractivity contribution in [1.29, 1.82) is 0 Å². The first-order valence-electron chi connectivity index (χ1n) is 11.7. The summed E-state index contributed by atoms with van der Waals surface area (Å²) >= 11 is 0. The van der Waals surface area contributed by atoms with Gasteiger partial charge < -0.3 is 24.4 Å². The van der Waals surface area contributed by atoms with Crippen molar-refractivity contribution in [3.8, 4) is 23.8 Å². The Morgan fingerprint density at radius 3 is 2.27 bits per heavy atom. The second kappa shape index (κ2) is 12.1. The summed E-state index contributed by atoms with van der Waals surface area (Å²) < 4.78 is 17.9. The van der Waals surface area contributed by atoms with Gasteiger partial charge in [-0.3, -0.25) is 0 Å². The zero-order chi connectivity index (χ0) is 23.8. The van der Waals surface area contributed by atoms with E-state index < -0.39 is 0 Å². The van der Waals surface area contributed by atoms with Crippen LogP contribution in [0.3, 0.4) is 0 Å². The second-order valence-electron chi connectivity index (χ2n) is 9.31. The highest BCUT2D eigenvalue weighted by atomic mass is 16.7. The van der Waals surface area contributed by atoms with Gasteiger partial charge in [0.05, 0.1) is 19.3 Å². The Morgan fingerprint density at radius 2 is 1.70 bits per heavy atom. The monoisotopic (exact) mass is 452 g/mol. The molecule has 1 saturated carbocycles. The van der Waals surface area contributed by atoms with Crippen LogP contribution in [-0.4, -0.2) is 23.1 Å². The summed E-state index contributed by atoms with van der Waals surface area (Å²) in [5.41, 5.74) is 2.66. The minimum absolute atomic E-state index is 0.220. The number of aliphatic hydroxyl groups is 2. The summed E-state index contributed by atoms with van der Waals surface area (Å²) in [6.07, 6.45) is 9.30. The Labute approximate surface area is 197 Å². The normalized spacial score (nSPS) is 20.5. The molecular weight excluding hydrogens is 416 g/mol. The van der Waals surface area contributed by atoms with Gasteiger partial charge in [-0.25, -0.2) is 0 Å². The highest BCUT2D eigenvalue weighted by Gasteiger charge is 2.31. The predicted molar refractivity (Wildman–Crippen MR) is 129 cm³/mol. The lowest BCUT2D eigenvalue weighted by Gasteiger charge is -2.36. The smallest absolute Gasteiger partial charge is 0.189 e. The molecule has 3 atom stereocenters. The lowest BCUT2D eigenvalue weighted by Crippen LogP contribution is -2.35. The molecule has 5 heteroatoms. The van der Waals surface area contributed by atoms with Crippen LogP contribution in [0.15, 0.2) is 36.4 Å². The highest BCUT2D eigenvalue weighted by molar-refractivity contribution is 5.49. The summed E-state index contributed by atoms with van der Waals surface area (Å²) in [5.74, 6) is 5.64. The molecule has 5 nitrogen and oxygen atoms in total. The largest absolute Gasteiger partial charge is 0.488 e. The lowest BCUT2D eigenvalue weighted by molar-refractivity contribution is -0.0917. The fraction of sp³-hybridized carbons (Fsp3) is 0.500. The van der Waals surface area contributed by atoms with Crippen molar-refractivity contribution in [2.24, 2.45) is 17.8 Å². The molecule has 0 radical (unpaired) electrons. The highest BCUT2D eigenvalue weighted by Crippen LogP contribution is 2.35. The number of rotatable bonds is 10. The number of aliphatic hydroxyl groups excluding tert-OH is 2. The van der Waals surface area contributed by atoms with Crippen LogP contribution in [0.1, 0.15) is 62.3 Å². The van der Waals surface area contributed by atoms with Crippen LogP contribution in [-0.2, 0) is 24.6 Å². The Hall–Kier alpha value is -2.52. The molecule has 0 aromatic heterocycles. The van der Waals surface area contributed by atoms with E-state index in [0.29, 0.717) is 46.8 Å². The molecule has 1 aliphatic carbocycles. The molecular formula is C28H36O5. The van der Waals surface area contributed by atoms with Gasteiger partial charge in [-0.05, 0) is 60.4 Å². The maximum absolute atomic E-state index is 9.67. The fourth-order valence-corrected chi connectivity index (χ4v) is 4.59. The van der Waals surface area contributed by atoms with Gasteiger partial charge in [0.15, 0.2) is 6.79 Å². The van der Waals surface area contributed by atoms with Gasteiger partial charge in [-0.1, -0.05) is 45.2 Å². The Morgan fingerprint density at radius 1 is 1.03 bits per heavy atom. The second-order valence-corrected chi connectivity index (χ2v) is 9.31. The summed E-state index contributed by atoms with van der Waals surface area (Å²) in [7, 11) is 0. The molecule has 0 bridgehead atoms. The van der Waals surface area contributed by atoms with E-state index in [1.54, 1.807) is 12.1 Å². The quantitative estimate of drug-likeness (QED) is 0.390. The summed E-state index contributed by atoms with van der Waals surface area (Å²) in [5, 5.41) is 19.3. The van der Waals surface area contributed by atoms with Crippen LogP contribution in [0.4, 0.5) is 0 Å². The van der Waals surface area contributed by atoms with Gasteiger partial charge in [0, 0.05) is 16.7 Å². The first-order valence-corrected chi connectivity index (χ1v) is 11.7. The van der Waals surface area contributed by atoms with Crippen molar-refractivity contribution >= 4 is 0 Å². The SMILES string of the molecule is C#Cc1cc(CO)c(OCc2ccc(OCO[C@@H]3C[C@H](C)CC[C@H]3C(C)C)cc2)c(CO)c1. The van der Waals surface area contributed by atoms with Crippen LogP contribution in [0.25, 0.3) is 0 Å². The molecule has 3 rings (SSSR count). The first-order chi connectivity index (χ1) is 15.9. The number of hydrogen-bond donors (Lipinski definition) is 2. The molecule has 178 valence electrons. The van der Waals surface area contributed by atoms with Crippen LogP contribution >= 0.6 is 0 Å². The van der Waals surface area contributed by atoms with Crippen molar-refractivity contribution in [1.82, 2.24) is 0 Å².